The summed E-state index contributed by atoms with van der Waals surface area (Å²) in [4.78, 5) is 54.2. The number of carbonyl (C=O) groups excluding carboxylic acids is 2. The van der Waals surface area contributed by atoms with E-state index in [1.165, 1.54) is 27.4 Å². The molecule has 2 aromatic carbocycles. The minimum absolute atomic E-state index is 0.00177. The van der Waals surface area contributed by atoms with Gasteiger partial charge in [-0.15, -0.1) is 0 Å². The van der Waals surface area contributed by atoms with Crippen LogP contribution in [0.25, 0.3) is 22.4 Å². The molecule has 2 amide bonds. The maximum absolute atomic E-state index is 13.1. The maximum Gasteiger partial charge on any atom is 0.330 e. The molecule has 0 saturated carbocycles. The Labute approximate surface area is 279 Å². The van der Waals surface area contributed by atoms with Crippen molar-refractivity contribution in [2.24, 2.45) is 14.1 Å². The highest BCUT2D eigenvalue weighted by Gasteiger charge is 2.36. The topological polar surface area (TPSA) is 157 Å². The Morgan fingerprint density at radius 1 is 1.09 bits per heavy atom. The van der Waals surface area contributed by atoms with Gasteiger partial charge in [0.2, 0.25) is 11.8 Å². The van der Waals surface area contributed by atoms with Gasteiger partial charge in [-0.3, -0.25) is 19.0 Å². The summed E-state index contributed by atoms with van der Waals surface area (Å²) in [6.45, 7) is 0.508. The van der Waals surface area contributed by atoms with E-state index in [1.54, 1.807) is 24.3 Å². The molecule has 0 bridgehead atoms. The van der Waals surface area contributed by atoms with Gasteiger partial charge in [0.1, 0.15) is 5.56 Å². The number of carbonyl (C=O) groups is 2. The van der Waals surface area contributed by atoms with Crippen LogP contribution in [0.5, 0.6) is 5.88 Å². The number of nitrogens with one attached hydrogen (secondary N) is 3. The Morgan fingerprint density at radius 3 is 2.49 bits per heavy atom. The summed E-state index contributed by atoms with van der Waals surface area (Å²) in [5, 5.41) is 20.5. The first-order valence-corrected chi connectivity index (χ1v) is 15.7. The second-order valence-electron chi connectivity index (χ2n) is 11.6. The lowest BCUT2D eigenvalue weighted by atomic mass is 9.99. The summed E-state index contributed by atoms with van der Waals surface area (Å²) >= 11 is 13.8. The second-order valence-corrected chi connectivity index (χ2v) is 12.4. The monoisotopic (exact) mass is 678 g/mol. The fourth-order valence-corrected chi connectivity index (χ4v) is 6.78. The number of methoxy groups -OCH3 is 1. The fraction of sp³-hybridized carbons (Fsp3) is 0.303. The molecule has 6 rings (SSSR count). The molecule has 0 spiro atoms. The number of aromatic nitrogens is 3. The van der Waals surface area contributed by atoms with Gasteiger partial charge >= 0.3 is 5.69 Å². The highest BCUT2D eigenvalue weighted by molar-refractivity contribution is 6.39. The van der Waals surface area contributed by atoms with E-state index in [1.807, 2.05) is 18.2 Å². The third-order valence-corrected chi connectivity index (χ3v) is 9.41. The molecule has 1 aliphatic carbocycles. The van der Waals surface area contributed by atoms with Gasteiger partial charge in [0.05, 0.1) is 40.7 Å². The van der Waals surface area contributed by atoms with Crippen molar-refractivity contribution in [1.29, 1.82) is 0 Å². The molecule has 1 fully saturated rings. The van der Waals surface area contributed by atoms with Crippen LogP contribution in [0.4, 0.5) is 5.69 Å². The predicted molar refractivity (Wildman–Crippen MR) is 178 cm³/mol. The first kappa shape index (κ1) is 32.5. The van der Waals surface area contributed by atoms with Crippen molar-refractivity contribution in [1.82, 2.24) is 24.8 Å². The summed E-state index contributed by atoms with van der Waals surface area (Å²) in [7, 11) is 4.27. The van der Waals surface area contributed by atoms with Crippen molar-refractivity contribution < 1.29 is 19.4 Å². The summed E-state index contributed by atoms with van der Waals surface area (Å²) < 4.78 is 7.71. The highest BCUT2D eigenvalue weighted by Crippen LogP contribution is 2.44. The minimum atomic E-state index is -0.733. The predicted octanol–water partition coefficient (Wildman–Crippen LogP) is 3.21. The Morgan fingerprint density at radius 2 is 1.79 bits per heavy atom. The number of rotatable bonds is 8. The van der Waals surface area contributed by atoms with Crippen LogP contribution in [0, 0.1) is 0 Å². The molecular formula is C33H32Cl2N6O6. The van der Waals surface area contributed by atoms with Crippen LogP contribution in [0.2, 0.25) is 10.0 Å². The standard InChI is InChI=1S/C33H32Cl2N6O6/c1-40-15-21(32(45)41(2)33(40)46)30(44)38-22-9-5-7-19(28(22)35)18-6-4-8-20(27(18)34)23-12-16-13-24(42)29(26(16)31(39-23)47-3)36-14-17-10-11-25(43)37-17/h4-9,12,15,17,24,29,36,42H,10-11,13-14H2,1-3H3,(H,37,43)(H,38,44). The molecule has 1 aliphatic heterocycles. The number of aliphatic hydroxyl groups excluding tert-OH is 1. The summed E-state index contributed by atoms with van der Waals surface area (Å²) in [5.41, 5.74) is 2.59. The smallest absolute Gasteiger partial charge is 0.330 e. The van der Waals surface area contributed by atoms with Crippen molar-refractivity contribution in [2.75, 3.05) is 19.0 Å². The maximum atomic E-state index is 13.1. The molecule has 3 atom stereocenters. The number of nitrogens with zero attached hydrogens (tertiary/aromatic N) is 3. The molecule has 2 aliphatic rings. The molecule has 4 N–H and O–H groups in total. The van der Waals surface area contributed by atoms with E-state index < -0.39 is 29.3 Å². The van der Waals surface area contributed by atoms with Gasteiger partial charge in [-0.2, -0.15) is 0 Å². The van der Waals surface area contributed by atoms with Crippen molar-refractivity contribution in [3.63, 3.8) is 0 Å². The van der Waals surface area contributed by atoms with Crippen LogP contribution in [0.3, 0.4) is 0 Å². The number of ether oxygens (including phenoxy) is 1. The van der Waals surface area contributed by atoms with E-state index in [9.17, 15) is 24.3 Å². The number of benzene rings is 2. The van der Waals surface area contributed by atoms with Gasteiger partial charge in [-0.1, -0.05) is 53.5 Å². The molecule has 244 valence electrons. The van der Waals surface area contributed by atoms with Crippen LogP contribution < -0.4 is 31.9 Å². The summed E-state index contributed by atoms with van der Waals surface area (Å²) in [5.74, 6) is -0.341. The van der Waals surface area contributed by atoms with Gasteiger partial charge < -0.3 is 30.4 Å². The molecule has 3 heterocycles. The van der Waals surface area contributed by atoms with Crippen LogP contribution >= 0.6 is 23.2 Å². The summed E-state index contributed by atoms with van der Waals surface area (Å²) in [6.07, 6.45) is 2.07. The van der Waals surface area contributed by atoms with Gasteiger partial charge in [0, 0.05) is 68.0 Å². The van der Waals surface area contributed by atoms with Gasteiger partial charge in [-0.05, 0) is 24.1 Å². The number of pyridine rings is 1. The van der Waals surface area contributed by atoms with E-state index in [0.29, 0.717) is 52.7 Å². The Hall–Kier alpha value is -4.49. The Kier molecular flexibility index (Phi) is 8.95. The van der Waals surface area contributed by atoms with Gasteiger partial charge in [0.15, 0.2) is 0 Å². The quantitative estimate of drug-likeness (QED) is 0.221. The Balaban J connectivity index is 1.31. The number of aryl methyl sites for hydroxylation is 1. The average molecular weight is 680 g/mol. The molecular weight excluding hydrogens is 647 g/mol. The number of hydrogen-bond donors (Lipinski definition) is 4. The normalized spacial score (nSPS) is 18.6. The van der Waals surface area contributed by atoms with Crippen molar-refractivity contribution in [2.45, 2.75) is 37.5 Å². The van der Waals surface area contributed by atoms with Crippen molar-refractivity contribution >= 4 is 40.7 Å². The van der Waals surface area contributed by atoms with Gasteiger partial charge in [0.25, 0.3) is 11.5 Å². The van der Waals surface area contributed by atoms with E-state index in [-0.39, 0.29) is 28.2 Å². The van der Waals surface area contributed by atoms with E-state index in [2.05, 4.69) is 16.0 Å². The number of amides is 2. The SMILES string of the molecule is COc1nc(-c2cccc(-c3cccc(NC(=O)c4cn(C)c(=O)n(C)c4=O)c3Cl)c2Cl)cc2c1C(NCC1CCC(=O)N1)C(O)C2. The average Bonchev–Trinajstić information content (AvgIpc) is 3.62. The van der Waals surface area contributed by atoms with Gasteiger partial charge in [-0.25, -0.2) is 9.78 Å². The minimum Gasteiger partial charge on any atom is -0.481 e. The Bertz CT molecular complexity index is 2040. The molecule has 12 nitrogen and oxygen atoms in total. The van der Waals surface area contributed by atoms with Crippen LogP contribution in [-0.2, 0) is 25.3 Å². The van der Waals surface area contributed by atoms with Crippen LogP contribution in [0.15, 0.2) is 58.3 Å². The lowest BCUT2D eigenvalue weighted by Gasteiger charge is -2.22. The van der Waals surface area contributed by atoms with Crippen molar-refractivity contribution in [3.8, 4) is 28.3 Å². The van der Waals surface area contributed by atoms with E-state index in [4.69, 9.17) is 32.9 Å². The number of anilines is 1. The first-order valence-electron chi connectivity index (χ1n) is 14.9. The third-order valence-electron chi connectivity index (χ3n) is 8.60. The molecule has 1 saturated heterocycles. The number of aliphatic hydroxyl groups is 1. The molecule has 0 radical (unpaired) electrons. The first-order chi connectivity index (χ1) is 22.5. The molecule has 47 heavy (non-hydrogen) atoms. The highest BCUT2D eigenvalue weighted by atomic mass is 35.5. The molecule has 3 unspecified atom stereocenters. The molecule has 14 heteroatoms. The van der Waals surface area contributed by atoms with E-state index in [0.717, 1.165) is 26.7 Å². The third kappa shape index (κ3) is 6.05. The molecule has 4 aromatic rings. The second kappa shape index (κ2) is 13.0. The molecule has 2 aromatic heterocycles. The van der Waals surface area contributed by atoms with Crippen molar-refractivity contribution in [3.05, 3.63) is 96.2 Å². The number of fused-ring (bicyclic) bond motifs is 1. The van der Waals surface area contributed by atoms with Crippen LogP contribution in [-0.4, -0.2) is 56.8 Å². The number of hydrogen-bond acceptors (Lipinski definition) is 8. The van der Waals surface area contributed by atoms with Crippen LogP contribution in [0.1, 0.15) is 40.4 Å². The zero-order valence-electron chi connectivity index (χ0n) is 25.8. The number of halogens is 2. The largest absolute Gasteiger partial charge is 0.481 e. The zero-order valence-corrected chi connectivity index (χ0v) is 27.3. The summed E-state index contributed by atoms with van der Waals surface area (Å²) in [6, 6.07) is 11.9. The fourth-order valence-electron chi connectivity index (χ4n) is 6.18. The lowest BCUT2D eigenvalue weighted by Crippen LogP contribution is -2.40. The lowest BCUT2D eigenvalue weighted by molar-refractivity contribution is -0.119. The zero-order chi connectivity index (χ0) is 33.6. The van der Waals surface area contributed by atoms with E-state index >= 15 is 0 Å².